The molecule has 0 radical (unpaired) electrons. The first-order valence-corrected chi connectivity index (χ1v) is 6.68. The van der Waals surface area contributed by atoms with Crippen molar-refractivity contribution in [1.29, 1.82) is 0 Å². The molecule has 0 saturated heterocycles. The van der Waals surface area contributed by atoms with Crippen LogP contribution in [0.4, 0.5) is 5.00 Å². The Balaban J connectivity index is 0.00000180. The van der Waals surface area contributed by atoms with E-state index >= 15 is 0 Å². The lowest BCUT2D eigenvalue weighted by Gasteiger charge is -2.26. The van der Waals surface area contributed by atoms with Crippen LogP contribution in [-0.4, -0.2) is 22.9 Å². The smallest absolute Gasteiger partial charge is 0.324 e. The van der Waals surface area contributed by atoms with E-state index in [1.165, 1.54) is 12.1 Å². The Kier molecular flexibility index (Phi) is 5.71. The molecule has 1 aromatic rings. The van der Waals surface area contributed by atoms with E-state index in [1.54, 1.807) is 0 Å². The molecular formula is C11H16ClN3O3S. The number of nitrogens with one attached hydrogen (secondary N) is 1. The molecule has 1 fully saturated rings. The molecule has 0 spiro atoms. The fraction of sp³-hybridized carbons (Fsp3) is 0.545. The van der Waals surface area contributed by atoms with E-state index in [0.717, 1.165) is 37.0 Å². The first-order valence-electron chi connectivity index (χ1n) is 5.87. The zero-order chi connectivity index (χ0) is 13.1. The van der Waals surface area contributed by atoms with Crippen molar-refractivity contribution in [2.24, 2.45) is 5.73 Å². The van der Waals surface area contributed by atoms with Gasteiger partial charge in [-0.25, -0.2) is 0 Å². The molecule has 19 heavy (non-hydrogen) atoms. The third-order valence-corrected chi connectivity index (χ3v) is 4.14. The quantitative estimate of drug-likeness (QED) is 0.659. The van der Waals surface area contributed by atoms with E-state index in [1.807, 2.05) is 0 Å². The summed E-state index contributed by atoms with van der Waals surface area (Å²) in [5.74, 6) is -0.228. The van der Waals surface area contributed by atoms with Gasteiger partial charge in [0.05, 0.1) is 9.80 Å². The van der Waals surface area contributed by atoms with Gasteiger partial charge in [0, 0.05) is 18.2 Å². The van der Waals surface area contributed by atoms with Crippen LogP contribution < -0.4 is 11.1 Å². The average molecular weight is 306 g/mol. The molecule has 0 aromatic carbocycles. The van der Waals surface area contributed by atoms with Crippen LogP contribution >= 0.6 is 23.7 Å². The predicted octanol–water partition coefficient (Wildman–Crippen LogP) is 2.08. The Morgan fingerprint density at radius 2 is 2.00 bits per heavy atom. The molecule has 0 bridgehead atoms. The van der Waals surface area contributed by atoms with E-state index in [-0.39, 0.29) is 35.4 Å². The normalized spacial score (nSPS) is 22.4. The SMILES string of the molecule is Cl.NC1CCC(NC(=O)c2ccc([N+](=O)[O-])s2)CC1. The third-order valence-electron chi connectivity index (χ3n) is 3.10. The average Bonchev–Trinajstić information content (AvgIpc) is 2.81. The molecule has 106 valence electrons. The summed E-state index contributed by atoms with van der Waals surface area (Å²) in [6, 6.07) is 3.22. The monoisotopic (exact) mass is 305 g/mol. The second-order valence-corrected chi connectivity index (χ2v) is 5.54. The highest BCUT2D eigenvalue weighted by Crippen LogP contribution is 2.24. The predicted molar refractivity (Wildman–Crippen MR) is 75.9 cm³/mol. The fourth-order valence-corrected chi connectivity index (χ4v) is 2.79. The summed E-state index contributed by atoms with van der Waals surface area (Å²) in [4.78, 5) is 22.3. The lowest BCUT2D eigenvalue weighted by molar-refractivity contribution is -0.380. The number of hydrogen-bond acceptors (Lipinski definition) is 5. The molecule has 3 N–H and O–H groups in total. The molecule has 1 saturated carbocycles. The number of thiophene rings is 1. The fourth-order valence-electron chi connectivity index (χ4n) is 2.07. The van der Waals surface area contributed by atoms with Crippen molar-refractivity contribution in [2.45, 2.75) is 37.8 Å². The maximum absolute atomic E-state index is 11.9. The van der Waals surface area contributed by atoms with Gasteiger partial charge in [-0.3, -0.25) is 14.9 Å². The van der Waals surface area contributed by atoms with Gasteiger partial charge >= 0.3 is 5.00 Å². The molecule has 0 atom stereocenters. The van der Waals surface area contributed by atoms with Gasteiger partial charge in [0.2, 0.25) is 0 Å². The topological polar surface area (TPSA) is 98.3 Å². The maximum Gasteiger partial charge on any atom is 0.324 e. The van der Waals surface area contributed by atoms with Crippen LogP contribution in [0.15, 0.2) is 12.1 Å². The number of rotatable bonds is 3. The molecule has 1 aliphatic rings. The van der Waals surface area contributed by atoms with Crippen LogP contribution in [0.3, 0.4) is 0 Å². The van der Waals surface area contributed by atoms with E-state index < -0.39 is 4.92 Å². The first-order chi connectivity index (χ1) is 8.56. The van der Waals surface area contributed by atoms with E-state index in [4.69, 9.17) is 5.73 Å². The van der Waals surface area contributed by atoms with Crippen LogP contribution in [0, 0.1) is 10.1 Å². The molecule has 2 rings (SSSR count). The third kappa shape index (κ3) is 4.15. The largest absolute Gasteiger partial charge is 0.349 e. The van der Waals surface area contributed by atoms with Gasteiger partial charge in [-0.2, -0.15) is 0 Å². The summed E-state index contributed by atoms with van der Waals surface area (Å²) in [6.07, 6.45) is 3.58. The summed E-state index contributed by atoms with van der Waals surface area (Å²) in [5.41, 5.74) is 5.79. The van der Waals surface area contributed by atoms with E-state index in [0.29, 0.717) is 4.88 Å². The minimum Gasteiger partial charge on any atom is -0.349 e. The lowest BCUT2D eigenvalue weighted by Crippen LogP contribution is -2.40. The number of halogens is 1. The van der Waals surface area contributed by atoms with Crippen LogP contribution in [0.5, 0.6) is 0 Å². The van der Waals surface area contributed by atoms with Gasteiger partial charge in [0.1, 0.15) is 0 Å². The second-order valence-electron chi connectivity index (χ2n) is 4.48. The van der Waals surface area contributed by atoms with Crippen molar-refractivity contribution in [1.82, 2.24) is 5.32 Å². The number of hydrogen-bond donors (Lipinski definition) is 2. The van der Waals surface area contributed by atoms with Gasteiger partial charge in [0.25, 0.3) is 5.91 Å². The number of carbonyl (C=O) groups is 1. The van der Waals surface area contributed by atoms with Crippen LogP contribution in [0.2, 0.25) is 0 Å². The Morgan fingerprint density at radius 3 is 2.53 bits per heavy atom. The summed E-state index contributed by atoms with van der Waals surface area (Å²) >= 11 is 0.902. The molecule has 8 heteroatoms. The highest BCUT2D eigenvalue weighted by Gasteiger charge is 2.22. The highest BCUT2D eigenvalue weighted by molar-refractivity contribution is 7.17. The van der Waals surface area contributed by atoms with Gasteiger partial charge in [-0.1, -0.05) is 11.3 Å². The number of carbonyl (C=O) groups excluding carboxylic acids is 1. The minimum atomic E-state index is -0.485. The van der Waals surface area contributed by atoms with Gasteiger partial charge in [0.15, 0.2) is 0 Å². The molecule has 1 aromatic heterocycles. The minimum absolute atomic E-state index is 0. The molecule has 0 aliphatic heterocycles. The summed E-state index contributed by atoms with van der Waals surface area (Å²) in [6.45, 7) is 0. The molecule has 0 unspecified atom stereocenters. The summed E-state index contributed by atoms with van der Waals surface area (Å²) < 4.78 is 0. The molecule has 1 amide bonds. The summed E-state index contributed by atoms with van der Waals surface area (Å²) in [7, 11) is 0. The molecule has 1 heterocycles. The van der Waals surface area contributed by atoms with Gasteiger partial charge in [-0.15, -0.1) is 12.4 Å². The molecule has 1 aliphatic carbocycles. The van der Waals surface area contributed by atoms with Crippen LogP contribution in [0.1, 0.15) is 35.4 Å². The van der Waals surface area contributed by atoms with Gasteiger partial charge < -0.3 is 11.1 Å². The van der Waals surface area contributed by atoms with Gasteiger partial charge in [-0.05, 0) is 31.7 Å². The Labute approximate surface area is 120 Å². The number of nitrogens with two attached hydrogens (primary N) is 1. The standard InChI is InChI=1S/C11H15N3O3S.ClH/c12-7-1-3-8(4-2-7)13-11(15)9-5-6-10(18-9)14(16)17;/h5-8H,1-4,12H2,(H,13,15);1H. The Bertz CT molecular complexity index is 458. The van der Waals surface area contributed by atoms with Crippen molar-refractivity contribution in [3.8, 4) is 0 Å². The Morgan fingerprint density at radius 1 is 1.37 bits per heavy atom. The second kappa shape index (κ2) is 6.83. The zero-order valence-corrected chi connectivity index (χ0v) is 11.8. The first kappa shape index (κ1) is 15.9. The van der Waals surface area contributed by atoms with E-state index in [2.05, 4.69) is 5.32 Å². The zero-order valence-electron chi connectivity index (χ0n) is 10.2. The number of nitro groups is 1. The van der Waals surface area contributed by atoms with Crippen LogP contribution in [0.25, 0.3) is 0 Å². The molecule has 6 nitrogen and oxygen atoms in total. The number of amides is 1. The summed E-state index contributed by atoms with van der Waals surface area (Å²) in [5, 5.41) is 13.4. The molecular weight excluding hydrogens is 290 g/mol. The van der Waals surface area contributed by atoms with E-state index in [9.17, 15) is 14.9 Å². The lowest BCUT2D eigenvalue weighted by atomic mass is 9.92. The van der Waals surface area contributed by atoms with Crippen LogP contribution in [-0.2, 0) is 0 Å². The van der Waals surface area contributed by atoms with Crippen molar-refractivity contribution < 1.29 is 9.72 Å². The number of nitrogens with zero attached hydrogens (tertiary/aromatic N) is 1. The maximum atomic E-state index is 11.9. The Hall–Kier alpha value is -1.18. The highest BCUT2D eigenvalue weighted by atomic mass is 35.5. The van der Waals surface area contributed by atoms with Crippen molar-refractivity contribution in [3.63, 3.8) is 0 Å². The van der Waals surface area contributed by atoms with Crippen molar-refractivity contribution in [2.75, 3.05) is 0 Å². The van der Waals surface area contributed by atoms with Crippen molar-refractivity contribution in [3.05, 3.63) is 27.1 Å². The van der Waals surface area contributed by atoms with Crippen molar-refractivity contribution >= 4 is 34.7 Å².